The van der Waals surface area contributed by atoms with Crippen LogP contribution in [0.4, 0.5) is 0 Å². The SMILES string of the molecule is C1=CC2C3C=CC4C1C2(c1ccccc1)N(Cc1ccccc1)C43c1ccccc1. The summed E-state index contributed by atoms with van der Waals surface area (Å²) in [6.07, 6.45) is 10.2. The molecule has 30 heavy (non-hydrogen) atoms. The van der Waals surface area contributed by atoms with E-state index in [-0.39, 0.29) is 11.1 Å². The Morgan fingerprint density at radius 2 is 0.867 bits per heavy atom. The molecule has 0 spiro atoms. The quantitative estimate of drug-likeness (QED) is 0.503. The van der Waals surface area contributed by atoms with Gasteiger partial charge in [0.15, 0.2) is 0 Å². The predicted molar refractivity (Wildman–Crippen MR) is 120 cm³/mol. The van der Waals surface area contributed by atoms with Gasteiger partial charge in [-0.2, -0.15) is 0 Å². The average molecular weight is 388 g/mol. The highest BCUT2D eigenvalue weighted by Crippen LogP contribution is 2.78. The van der Waals surface area contributed by atoms with Gasteiger partial charge in [-0.15, -0.1) is 0 Å². The maximum Gasteiger partial charge on any atom is 0.0611 e. The summed E-state index contributed by atoms with van der Waals surface area (Å²) in [5.41, 5.74) is 4.43. The fraction of sp³-hybridized carbons (Fsp3) is 0.241. The molecule has 146 valence electrons. The maximum absolute atomic E-state index is 2.91. The van der Waals surface area contributed by atoms with Crippen LogP contribution in [0.5, 0.6) is 0 Å². The van der Waals surface area contributed by atoms with Gasteiger partial charge in [-0.1, -0.05) is 115 Å². The monoisotopic (exact) mass is 387 g/mol. The number of benzene rings is 3. The van der Waals surface area contributed by atoms with Crippen LogP contribution in [-0.2, 0) is 17.6 Å². The minimum absolute atomic E-state index is 0.0335. The lowest BCUT2D eigenvalue weighted by molar-refractivity contribution is 0.0646. The van der Waals surface area contributed by atoms with Gasteiger partial charge in [0.1, 0.15) is 0 Å². The Morgan fingerprint density at radius 1 is 0.500 bits per heavy atom. The van der Waals surface area contributed by atoms with E-state index in [2.05, 4.69) is 120 Å². The lowest BCUT2D eigenvalue weighted by atomic mass is 9.60. The average Bonchev–Trinajstić information content (AvgIpc) is 3.42. The van der Waals surface area contributed by atoms with Gasteiger partial charge in [-0.3, -0.25) is 4.90 Å². The van der Waals surface area contributed by atoms with E-state index in [1.165, 1.54) is 16.7 Å². The lowest BCUT2D eigenvalue weighted by Gasteiger charge is -2.41. The second-order valence-electron chi connectivity index (χ2n) is 9.33. The van der Waals surface area contributed by atoms with Gasteiger partial charge in [-0.25, -0.2) is 0 Å². The fourth-order valence-corrected chi connectivity index (χ4v) is 7.63. The predicted octanol–water partition coefficient (Wildman–Crippen LogP) is 5.91. The van der Waals surface area contributed by atoms with E-state index in [4.69, 9.17) is 0 Å². The minimum atomic E-state index is 0.0335. The second-order valence-corrected chi connectivity index (χ2v) is 9.33. The number of hydrogen-bond acceptors (Lipinski definition) is 1. The Morgan fingerprint density at radius 3 is 1.27 bits per heavy atom. The molecule has 0 aromatic heterocycles. The lowest BCUT2D eigenvalue weighted by Crippen LogP contribution is -2.46. The van der Waals surface area contributed by atoms with Crippen LogP contribution in [0.2, 0.25) is 0 Å². The summed E-state index contributed by atoms with van der Waals surface area (Å²) < 4.78 is 0. The number of nitrogens with zero attached hydrogens (tertiary/aromatic N) is 1. The van der Waals surface area contributed by atoms with Crippen LogP contribution >= 0.6 is 0 Å². The number of rotatable bonds is 4. The summed E-state index contributed by atoms with van der Waals surface area (Å²) in [6.45, 7) is 0.980. The van der Waals surface area contributed by atoms with E-state index in [1.54, 1.807) is 0 Å². The van der Waals surface area contributed by atoms with Crippen LogP contribution in [0.25, 0.3) is 0 Å². The van der Waals surface area contributed by atoms with E-state index in [1.807, 2.05) is 0 Å². The highest BCUT2D eigenvalue weighted by atomic mass is 15.4. The number of fused-ring (bicyclic) bond motifs is 2. The van der Waals surface area contributed by atoms with Crippen molar-refractivity contribution in [2.24, 2.45) is 23.7 Å². The largest absolute Gasteiger partial charge is 0.277 e. The fourth-order valence-electron chi connectivity index (χ4n) is 7.63. The molecular weight excluding hydrogens is 362 g/mol. The standard InChI is InChI=1S/C29H25N/c1-4-10-21(11-5-1)20-30-28(22-12-6-2-7-13-22)24-16-17-25(28)27-19-18-26(24)29(27,30)23-14-8-3-9-15-23/h1-19,24-27H,20H2. The van der Waals surface area contributed by atoms with Crippen LogP contribution in [0.15, 0.2) is 115 Å². The Hall–Kier alpha value is -2.90. The van der Waals surface area contributed by atoms with Gasteiger partial charge in [0.25, 0.3) is 0 Å². The topological polar surface area (TPSA) is 3.24 Å². The molecule has 1 heteroatoms. The first-order chi connectivity index (χ1) is 14.9. The van der Waals surface area contributed by atoms with E-state index in [9.17, 15) is 0 Å². The van der Waals surface area contributed by atoms with Crippen molar-refractivity contribution in [1.29, 1.82) is 0 Å². The van der Waals surface area contributed by atoms with Gasteiger partial charge in [0, 0.05) is 30.2 Å². The van der Waals surface area contributed by atoms with Crippen molar-refractivity contribution in [2.75, 3.05) is 0 Å². The summed E-state index contributed by atoms with van der Waals surface area (Å²) >= 11 is 0. The molecule has 3 aromatic rings. The summed E-state index contributed by atoms with van der Waals surface area (Å²) in [5.74, 6) is 2.07. The molecule has 2 saturated heterocycles. The van der Waals surface area contributed by atoms with Crippen LogP contribution in [-0.4, -0.2) is 4.90 Å². The molecule has 4 atom stereocenters. The smallest absolute Gasteiger partial charge is 0.0611 e. The van der Waals surface area contributed by atoms with Gasteiger partial charge in [0.2, 0.25) is 0 Å². The zero-order chi connectivity index (χ0) is 19.8. The molecular formula is C29H25N. The van der Waals surface area contributed by atoms with Crippen LogP contribution in [0.3, 0.4) is 0 Å². The molecule has 0 saturated carbocycles. The van der Waals surface area contributed by atoms with E-state index in [0.29, 0.717) is 23.7 Å². The Bertz CT molecular complexity index is 1050. The molecule has 7 rings (SSSR count). The molecule has 1 nitrogen and oxygen atoms in total. The van der Waals surface area contributed by atoms with Crippen LogP contribution in [0.1, 0.15) is 16.7 Å². The van der Waals surface area contributed by atoms with Crippen molar-refractivity contribution >= 4 is 0 Å². The Labute approximate surface area is 178 Å². The molecule has 0 radical (unpaired) electrons. The van der Waals surface area contributed by atoms with Crippen LogP contribution in [0, 0.1) is 23.7 Å². The normalized spacial score (nSPS) is 37.3. The third-order valence-electron chi connectivity index (χ3n) is 8.41. The molecule has 4 aliphatic rings. The minimum Gasteiger partial charge on any atom is -0.277 e. The van der Waals surface area contributed by atoms with Gasteiger partial charge in [-0.05, 0) is 16.7 Å². The van der Waals surface area contributed by atoms with Crippen molar-refractivity contribution < 1.29 is 0 Å². The van der Waals surface area contributed by atoms with Crippen molar-refractivity contribution in [3.8, 4) is 0 Å². The maximum atomic E-state index is 2.91. The third kappa shape index (κ3) is 1.76. The van der Waals surface area contributed by atoms with Crippen molar-refractivity contribution in [1.82, 2.24) is 4.90 Å². The molecule has 0 N–H and O–H groups in total. The van der Waals surface area contributed by atoms with E-state index in [0.717, 1.165) is 6.54 Å². The van der Waals surface area contributed by atoms with Gasteiger partial charge in [0.05, 0.1) is 11.1 Å². The molecule has 2 aliphatic heterocycles. The molecule has 2 fully saturated rings. The summed E-state index contributed by atoms with van der Waals surface area (Å²) in [6, 6.07) is 33.7. The zero-order valence-electron chi connectivity index (χ0n) is 16.9. The zero-order valence-corrected chi connectivity index (χ0v) is 16.9. The third-order valence-corrected chi connectivity index (χ3v) is 8.41. The Kier molecular flexibility index (Phi) is 3.28. The van der Waals surface area contributed by atoms with Gasteiger partial charge < -0.3 is 0 Å². The molecule has 2 aliphatic carbocycles. The van der Waals surface area contributed by atoms with E-state index < -0.39 is 0 Å². The molecule has 0 amide bonds. The first-order valence-electron chi connectivity index (χ1n) is 11.2. The van der Waals surface area contributed by atoms with Crippen molar-refractivity contribution in [2.45, 2.75) is 17.6 Å². The molecule has 4 unspecified atom stereocenters. The van der Waals surface area contributed by atoms with Crippen LogP contribution < -0.4 is 0 Å². The first kappa shape index (κ1) is 16.8. The summed E-state index contributed by atoms with van der Waals surface area (Å²) in [4.78, 5) is 2.91. The molecule has 3 aromatic carbocycles. The summed E-state index contributed by atoms with van der Waals surface area (Å²) in [5, 5.41) is 0. The summed E-state index contributed by atoms with van der Waals surface area (Å²) in [7, 11) is 0. The molecule has 2 heterocycles. The van der Waals surface area contributed by atoms with E-state index >= 15 is 0 Å². The highest BCUT2D eigenvalue weighted by Gasteiger charge is 2.79. The second kappa shape index (κ2) is 5.83. The number of hydrogen-bond donors (Lipinski definition) is 0. The van der Waals surface area contributed by atoms with Crippen molar-refractivity contribution in [3.63, 3.8) is 0 Å². The van der Waals surface area contributed by atoms with Gasteiger partial charge >= 0.3 is 0 Å². The Balaban J connectivity index is 1.51. The highest BCUT2D eigenvalue weighted by molar-refractivity contribution is 5.54. The molecule has 2 bridgehead atoms. The first-order valence-corrected chi connectivity index (χ1v) is 11.2. The van der Waals surface area contributed by atoms with Crippen molar-refractivity contribution in [3.05, 3.63) is 132 Å².